The Morgan fingerprint density at radius 1 is 1.29 bits per heavy atom. The van der Waals surface area contributed by atoms with Gasteiger partial charge < -0.3 is 10.1 Å². The third kappa shape index (κ3) is 2.72. The minimum atomic E-state index is -0.989. The highest BCUT2D eigenvalue weighted by molar-refractivity contribution is 6.09. The number of rotatable bonds is 4. The van der Waals surface area contributed by atoms with E-state index in [1.807, 2.05) is 0 Å². The second-order valence-corrected chi connectivity index (χ2v) is 6.28. The van der Waals surface area contributed by atoms with Crippen LogP contribution in [-0.4, -0.2) is 44.4 Å². The summed E-state index contributed by atoms with van der Waals surface area (Å²) >= 11 is 0. The van der Waals surface area contributed by atoms with Crippen LogP contribution in [0.4, 0.5) is 4.79 Å². The Hall–Kier alpha value is -2.51. The highest BCUT2D eigenvalue weighted by Gasteiger charge is 2.54. The first-order valence-corrected chi connectivity index (χ1v) is 8.07. The van der Waals surface area contributed by atoms with Gasteiger partial charge in [0.1, 0.15) is 17.7 Å². The van der Waals surface area contributed by atoms with Gasteiger partial charge in [-0.15, -0.1) is 0 Å². The van der Waals surface area contributed by atoms with E-state index in [4.69, 9.17) is 4.74 Å². The molecule has 1 aromatic rings. The molecule has 1 saturated heterocycles. The summed E-state index contributed by atoms with van der Waals surface area (Å²) in [6, 6.07) is -1.52. The molecule has 1 spiro atoms. The van der Waals surface area contributed by atoms with E-state index < -0.39 is 29.7 Å². The molecule has 8 heteroatoms. The van der Waals surface area contributed by atoms with Crippen molar-refractivity contribution in [2.24, 2.45) is 0 Å². The average Bonchev–Trinajstić information content (AvgIpc) is 3.13. The molecule has 2 atom stereocenters. The molecule has 1 aliphatic carbocycles. The van der Waals surface area contributed by atoms with Gasteiger partial charge in [-0.05, 0) is 26.7 Å². The third-order valence-corrected chi connectivity index (χ3v) is 4.67. The first-order valence-electron chi connectivity index (χ1n) is 8.07. The minimum Gasteiger partial charge on any atom is -0.455 e. The lowest BCUT2D eigenvalue weighted by Gasteiger charge is -2.24. The van der Waals surface area contributed by atoms with Crippen LogP contribution in [0.1, 0.15) is 51.3 Å². The second-order valence-electron chi connectivity index (χ2n) is 6.28. The number of esters is 1. The molecule has 1 saturated carbocycles. The zero-order valence-electron chi connectivity index (χ0n) is 13.7. The summed E-state index contributed by atoms with van der Waals surface area (Å²) in [6.45, 7) is 3.16. The van der Waals surface area contributed by atoms with Gasteiger partial charge in [0.25, 0.3) is 5.91 Å². The van der Waals surface area contributed by atoms with Crippen LogP contribution in [0.5, 0.6) is 0 Å². The van der Waals surface area contributed by atoms with Crippen LogP contribution in [0.15, 0.2) is 18.6 Å². The molecule has 1 N–H and O–H groups in total. The molecule has 3 rings (SSSR count). The van der Waals surface area contributed by atoms with Crippen LogP contribution in [-0.2, 0) is 14.3 Å². The fourth-order valence-corrected chi connectivity index (χ4v) is 3.27. The fourth-order valence-electron chi connectivity index (χ4n) is 3.27. The molecule has 3 amide bonds. The molecular formula is C16H20N4O4. The van der Waals surface area contributed by atoms with Gasteiger partial charge in [-0.3, -0.25) is 14.8 Å². The lowest BCUT2D eigenvalue weighted by Crippen LogP contribution is -2.47. The smallest absolute Gasteiger partial charge is 0.329 e. The lowest BCUT2D eigenvalue weighted by molar-refractivity contribution is -0.156. The number of carbonyl (C=O) groups is 3. The SMILES string of the molecule is C[C@H](OC(=O)[C@@H](C)N1C(=O)NC2(CCCC2)C1=O)c1cnccn1. The number of ether oxygens (including phenoxy) is 1. The maximum absolute atomic E-state index is 12.7. The summed E-state index contributed by atoms with van der Waals surface area (Å²) in [5, 5.41) is 2.76. The van der Waals surface area contributed by atoms with Gasteiger partial charge in [-0.25, -0.2) is 14.5 Å². The quantitative estimate of drug-likeness (QED) is 0.659. The molecule has 24 heavy (non-hydrogen) atoms. The van der Waals surface area contributed by atoms with Crippen molar-refractivity contribution in [3.8, 4) is 0 Å². The minimum absolute atomic E-state index is 0.332. The van der Waals surface area contributed by atoms with Crippen molar-refractivity contribution in [2.75, 3.05) is 0 Å². The number of hydrogen-bond donors (Lipinski definition) is 1. The Kier molecular flexibility index (Phi) is 4.21. The van der Waals surface area contributed by atoms with Gasteiger partial charge >= 0.3 is 12.0 Å². The van der Waals surface area contributed by atoms with E-state index in [0.717, 1.165) is 17.7 Å². The Labute approximate surface area is 139 Å². The topological polar surface area (TPSA) is 101 Å². The molecule has 1 aliphatic heterocycles. The van der Waals surface area contributed by atoms with Crippen LogP contribution >= 0.6 is 0 Å². The first kappa shape index (κ1) is 16.4. The molecule has 0 bridgehead atoms. The zero-order valence-corrected chi connectivity index (χ0v) is 13.7. The van der Waals surface area contributed by atoms with E-state index in [2.05, 4.69) is 15.3 Å². The number of amides is 3. The van der Waals surface area contributed by atoms with Gasteiger partial charge in [-0.2, -0.15) is 0 Å². The van der Waals surface area contributed by atoms with Gasteiger partial charge in [0, 0.05) is 12.4 Å². The Morgan fingerprint density at radius 2 is 2.00 bits per heavy atom. The molecule has 0 radical (unpaired) electrons. The largest absolute Gasteiger partial charge is 0.455 e. The van der Waals surface area contributed by atoms with Gasteiger partial charge in [0.2, 0.25) is 0 Å². The Morgan fingerprint density at radius 3 is 2.62 bits per heavy atom. The molecule has 2 heterocycles. The first-order chi connectivity index (χ1) is 11.4. The maximum atomic E-state index is 12.7. The van der Waals surface area contributed by atoms with Crippen LogP contribution in [0.2, 0.25) is 0 Å². The van der Waals surface area contributed by atoms with Crippen LogP contribution in [0, 0.1) is 0 Å². The molecule has 1 aromatic heterocycles. The number of aromatic nitrogens is 2. The normalized spacial score (nSPS) is 21.7. The van der Waals surface area contributed by atoms with Crippen LogP contribution in [0.25, 0.3) is 0 Å². The van der Waals surface area contributed by atoms with Gasteiger partial charge in [0.05, 0.1) is 11.9 Å². The molecule has 0 aromatic carbocycles. The predicted molar refractivity (Wildman–Crippen MR) is 82.6 cm³/mol. The summed E-state index contributed by atoms with van der Waals surface area (Å²) in [5.74, 6) is -0.978. The van der Waals surface area contributed by atoms with Gasteiger partial charge in [0.15, 0.2) is 0 Å². The molecule has 2 fully saturated rings. The Bertz CT molecular complexity index is 657. The Balaban J connectivity index is 1.69. The van der Waals surface area contributed by atoms with E-state index in [1.54, 1.807) is 6.92 Å². The molecular weight excluding hydrogens is 312 g/mol. The van der Waals surface area contributed by atoms with Gasteiger partial charge in [-0.1, -0.05) is 12.8 Å². The highest BCUT2D eigenvalue weighted by atomic mass is 16.5. The highest BCUT2D eigenvalue weighted by Crippen LogP contribution is 2.36. The lowest BCUT2D eigenvalue weighted by atomic mass is 9.98. The summed E-state index contributed by atoms with van der Waals surface area (Å²) in [7, 11) is 0. The summed E-state index contributed by atoms with van der Waals surface area (Å²) < 4.78 is 5.34. The van der Waals surface area contributed by atoms with E-state index in [9.17, 15) is 14.4 Å². The number of nitrogens with zero attached hydrogens (tertiary/aromatic N) is 3. The summed E-state index contributed by atoms with van der Waals surface area (Å²) in [6.07, 6.45) is 6.93. The van der Waals surface area contributed by atoms with Crippen molar-refractivity contribution in [3.63, 3.8) is 0 Å². The fraction of sp³-hybridized carbons (Fsp3) is 0.562. The number of imide groups is 1. The zero-order chi connectivity index (χ0) is 17.3. The van der Waals surface area contributed by atoms with Crippen LogP contribution in [0.3, 0.4) is 0 Å². The number of carbonyl (C=O) groups excluding carboxylic acids is 3. The van der Waals surface area contributed by atoms with Crippen molar-refractivity contribution >= 4 is 17.9 Å². The standard InChI is InChI=1S/C16H20N4O4/c1-10(13(21)24-11(2)12-9-17-7-8-18-12)20-14(22)16(19-15(20)23)5-3-4-6-16/h7-11H,3-6H2,1-2H3,(H,19,23)/t10-,11+/m1/s1. The number of nitrogens with one attached hydrogen (secondary N) is 1. The average molecular weight is 332 g/mol. The van der Waals surface area contributed by atoms with E-state index in [-0.39, 0.29) is 5.91 Å². The van der Waals surface area contributed by atoms with Crippen molar-refractivity contribution in [1.29, 1.82) is 0 Å². The monoisotopic (exact) mass is 332 g/mol. The number of urea groups is 1. The second kappa shape index (κ2) is 6.18. The van der Waals surface area contributed by atoms with Crippen molar-refractivity contribution in [1.82, 2.24) is 20.2 Å². The maximum Gasteiger partial charge on any atom is 0.329 e. The van der Waals surface area contributed by atoms with Crippen molar-refractivity contribution in [3.05, 3.63) is 24.3 Å². The number of hydrogen-bond acceptors (Lipinski definition) is 6. The van der Waals surface area contributed by atoms with Crippen LogP contribution < -0.4 is 5.32 Å². The summed E-state index contributed by atoms with van der Waals surface area (Å²) in [5.41, 5.74) is -0.329. The van der Waals surface area contributed by atoms with E-state index >= 15 is 0 Å². The molecule has 128 valence electrons. The molecule has 0 unspecified atom stereocenters. The third-order valence-electron chi connectivity index (χ3n) is 4.67. The van der Waals surface area contributed by atoms with Crippen molar-refractivity contribution < 1.29 is 19.1 Å². The molecule has 2 aliphatic rings. The van der Waals surface area contributed by atoms with E-state index in [0.29, 0.717) is 18.5 Å². The van der Waals surface area contributed by atoms with Crippen molar-refractivity contribution in [2.45, 2.75) is 57.2 Å². The molecule has 8 nitrogen and oxygen atoms in total. The summed E-state index contributed by atoms with van der Waals surface area (Å²) in [4.78, 5) is 46.2. The van der Waals surface area contributed by atoms with E-state index in [1.165, 1.54) is 25.5 Å². The predicted octanol–water partition coefficient (Wildman–Crippen LogP) is 1.33.